The van der Waals surface area contributed by atoms with Crippen molar-refractivity contribution in [3.8, 4) is 0 Å². The Hall–Kier alpha value is -3.44. The Balaban J connectivity index is 1.88. The summed E-state index contributed by atoms with van der Waals surface area (Å²) in [5.41, 5.74) is 0.993. The first-order valence-corrected chi connectivity index (χ1v) is 11.4. The number of carbonyl (C=O) groups is 2. The second-order valence-electron chi connectivity index (χ2n) is 8.31. The lowest BCUT2D eigenvalue weighted by Crippen LogP contribution is -2.49. The first kappa shape index (κ1) is 21.4. The molecule has 5 rings (SSSR count). The SMILES string of the molecule is CCOC(=O)[C@@H]1[C@H](C(=O)OCC)C2(c3ccccc3)OC1(c1ccccc1)c1ccccc12. The third-order valence-corrected chi connectivity index (χ3v) is 6.74. The van der Waals surface area contributed by atoms with Gasteiger partial charge in [-0.3, -0.25) is 9.59 Å². The lowest BCUT2D eigenvalue weighted by molar-refractivity contribution is -0.162. The summed E-state index contributed by atoms with van der Waals surface area (Å²) in [6.45, 7) is 3.94. The van der Waals surface area contributed by atoms with Crippen LogP contribution in [0.4, 0.5) is 0 Å². The number of hydrogen-bond acceptors (Lipinski definition) is 5. The molecule has 0 saturated carbocycles. The molecule has 2 bridgehead atoms. The lowest BCUT2D eigenvalue weighted by atomic mass is 9.60. The van der Waals surface area contributed by atoms with Crippen molar-refractivity contribution in [1.82, 2.24) is 0 Å². The zero-order valence-corrected chi connectivity index (χ0v) is 18.7. The summed E-state index contributed by atoms with van der Waals surface area (Å²) in [7, 11) is 0. The van der Waals surface area contributed by atoms with Gasteiger partial charge in [0.05, 0.1) is 13.2 Å². The molecule has 2 heterocycles. The Kier molecular flexibility index (Phi) is 5.29. The molecule has 0 N–H and O–H groups in total. The van der Waals surface area contributed by atoms with Crippen LogP contribution < -0.4 is 0 Å². The van der Waals surface area contributed by atoms with Crippen LogP contribution in [0.25, 0.3) is 0 Å². The minimum Gasteiger partial charge on any atom is -0.466 e. The highest BCUT2D eigenvalue weighted by molar-refractivity contribution is 5.89. The van der Waals surface area contributed by atoms with Gasteiger partial charge in [0.1, 0.15) is 23.0 Å². The Morgan fingerprint density at radius 2 is 1.03 bits per heavy atom. The number of rotatable bonds is 6. The second kappa shape index (κ2) is 8.16. The third-order valence-electron chi connectivity index (χ3n) is 6.74. The molecule has 0 aliphatic carbocycles. The molecule has 3 aromatic rings. The minimum absolute atomic E-state index is 0.204. The smallest absolute Gasteiger partial charge is 0.313 e. The zero-order valence-electron chi connectivity index (χ0n) is 18.7. The van der Waals surface area contributed by atoms with Crippen molar-refractivity contribution in [1.29, 1.82) is 0 Å². The van der Waals surface area contributed by atoms with Gasteiger partial charge in [-0.1, -0.05) is 84.9 Å². The van der Waals surface area contributed by atoms with E-state index in [1.165, 1.54) is 0 Å². The largest absolute Gasteiger partial charge is 0.466 e. The van der Waals surface area contributed by atoms with Crippen molar-refractivity contribution < 1.29 is 23.8 Å². The van der Waals surface area contributed by atoms with Crippen LogP contribution in [0, 0.1) is 11.8 Å². The Labute approximate surface area is 193 Å². The monoisotopic (exact) mass is 442 g/mol. The summed E-state index contributed by atoms with van der Waals surface area (Å²) in [5.74, 6) is -2.75. The molecule has 0 aromatic heterocycles. The van der Waals surface area contributed by atoms with Crippen molar-refractivity contribution in [2.45, 2.75) is 25.0 Å². The summed E-state index contributed by atoms with van der Waals surface area (Å²) in [4.78, 5) is 27.2. The molecule has 0 radical (unpaired) electrons. The highest BCUT2D eigenvalue weighted by Crippen LogP contribution is 2.68. The fraction of sp³-hybridized carbons (Fsp3) is 0.286. The van der Waals surface area contributed by atoms with E-state index in [1.807, 2.05) is 84.9 Å². The van der Waals surface area contributed by atoms with E-state index in [4.69, 9.17) is 14.2 Å². The molecule has 168 valence electrons. The zero-order chi connectivity index (χ0) is 23.1. The Morgan fingerprint density at radius 1 is 0.667 bits per heavy atom. The predicted molar refractivity (Wildman–Crippen MR) is 122 cm³/mol. The number of benzene rings is 3. The van der Waals surface area contributed by atoms with Gasteiger partial charge < -0.3 is 14.2 Å². The number of fused-ring (bicyclic) bond motifs is 5. The minimum atomic E-state index is -1.18. The van der Waals surface area contributed by atoms with Gasteiger partial charge in [-0.25, -0.2) is 0 Å². The average Bonchev–Trinajstić information content (AvgIpc) is 3.35. The van der Waals surface area contributed by atoms with Crippen LogP contribution >= 0.6 is 0 Å². The van der Waals surface area contributed by atoms with Crippen LogP contribution in [0.3, 0.4) is 0 Å². The molecule has 33 heavy (non-hydrogen) atoms. The van der Waals surface area contributed by atoms with Crippen LogP contribution in [0.15, 0.2) is 84.9 Å². The van der Waals surface area contributed by atoms with Crippen LogP contribution in [0.2, 0.25) is 0 Å². The molecule has 2 aliphatic heterocycles. The van der Waals surface area contributed by atoms with E-state index in [-0.39, 0.29) is 13.2 Å². The van der Waals surface area contributed by atoms with Crippen LogP contribution in [0.1, 0.15) is 36.1 Å². The van der Waals surface area contributed by atoms with Crippen molar-refractivity contribution in [3.63, 3.8) is 0 Å². The van der Waals surface area contributed by atoms with E-state index < -0.39 is 35.0 Å². The Bertz CT molecular complexity index is 1080. The van der Waals surface area contributed by atoms with Gasteiger partial charge in [-0.15, -0.1) is 0 Å². The van der Waals surface area contributed by atoms with E-state index in [9.17, 15) is 9.59 Å². The predicted octanol–water partition coefficient (Wildman–Crippen LogP) is 4.58. The highest BCUT2D eigenvalue weighted by Gasteiger charge is 2.75. The van der Waals surface area contributed by atoms with E-state index in [1.54, 1.807) is 13.8 Å². The van der Waals surface area contributed by atoms with E-state index in [0.717, 1.165) is 22.3 Å². The topological polar surface area (TPSA) is 61.8 Å². The fourth-order valence-electron chi connectivity index (χ4n) is 5.65. The second-order valence-corrected chi connectivity index (χ2v) is 8.31. The maximum atomic E-state index is 13.6. The molecule has 0 spiro atoms. The molecular formula is C28H26O5. The van der Waals surface area contributed by atoms with Crippen molar-refractivity contribution in [2.75, 3.05) is 13.2 Å². The van der Waals surface area contributed by atoms with Crippen molar-refractivity contribution in [3.05, 3.63) is 107 Å². The Morgan fingerprint density at radius 3 is 1.39 bits per heavy atom. The van der Waals surface area contributed by atoms with Gasteiger partial charge in [0.25, 0.3) is 0 Å². The quantitative estimate of drug-likeness (QED) is 0.523. The first-order chi connectivity index (χ1) is 16.1. The van der Waals surface area contributed by atoms with Gasteiger partial charge in [-0.2, -0.15) is 0 Å². The maximum Gasteiger partial charge on any atom is 0.313 e. The molecular weight excluding hydrogens is 416 g/mol. The van der Waals surface area contributed by atoms with Gasteiger partial charge in [0.15, 0.2) is 0 Å². The number of esters is 2. The van der Waals surface area contributed by atoms with Gasteiger partial charge in [0, 0.05) is 0 Å². The lowest BCUT2D eigenvalue weighted by Gasteiger charge is -2.38. The normalized spacial score (nSPS) is 27.1. The number of ether oxygens (including phenoxy) is 3. The summed E-state index contributed by atoms with van der Waals surface area (Å²) >= 11 is 0. The maximum absolute atomic E-state index is 13.6. The molecule has 1 fully saturated rings. The highest BCUT2D eigenvalue weighted by atomic mass is 16.6. The van der Waals surface area contributed by atoms with Crippen molar-refractivity contribution >= 4 is 11.9 Å². The number of carbonyl (C=O) groups excluding carboxylic acids is 2. The molecule has 4 atom stereocenters. The van der Waals surface area contributed by atoms with Gasteiger partial charge >= 0.3 is 11.9 Å². The van der Waals surface area contributed by atoms with Gasteiger partial charge in [-0.05, 0) is 36.1 Å². The summed E-state index contributed by atoms with van der Waals surface area (Å²) in [6.07, 6.45) is 0. The van der Waals surface area contributed by atoms with Crippen molar-refractivity contribution in [2.24, 2.45) is 11.8 Å². The molecule has 5 nitrogen and oxygen atoms in total. The molecule has 3 aromatic carbocycles. The molecule has 2 aliphatic rings. The standard InChI is InChI=1S/C28H26O5/c1-3-31-25(29)23-24(26(30)32-4-2)28(20-15-9-6-10-16-20)22-18-12-11-17-21(22)27(23,33-28)19-13-7-5-8-14-19/h5-18,23-24H,3-4H2,1-2H3/t23-,24+,27?,28?. The summed E-state index contributed by atoms with van der Waals surface area (Å²) in [6, 6.07) is 27.1. The van der Waals surface area contributed by atoms with Crippen LogP contribution in [0.5, 0.6) is 0 Å². The first-order valence-electron chi connectivity index (χ1n) is 11.4. The van der Waals surface area contributed by atoms with E-state index in [0.29, 0.717) is 0 Å². The van der Waals surface area contributed by atoms with E-state index >= 15 is 0 Å². The van der Waals surface area contributed by atoms with Crippen LogP contribution in [-0.4, -0.2) is 25.2 Å². The molecule has 0 amide bonds. The summed E-state index contributed by atoms with van der Waals surface area (Å²) < 4.78 is 18.2. The van der Waals surface area contributed by atoms with Gasteiger partial charge in [0.2, 0.25) is 0 Å². The molecule has 1 saturated heterocycles. The number of hydrogen-bond donors (Lipinski definition) is 0. The summed E-state index contributed by atoms with van der Waals surface area (Å²) in [5, 5.41) is 0. The third kappa shape index (κ3) is 2.89. The molecule has 5 heteroatoms. The fourth-order valence-corrected chi connectivity index (χ4v) is 5.65. The van der Waals surface area contributed by atoms with Crippen LogP contribution in [-0.2, 0) is 35.0 Å². The van der Waals surface area contributed by atoms with E-state index in [2.05, 4.69) is 0 Å². The average molecular weight is 443 g/mol. The molecule has 2 unspecified atom stereocenters.